The first-order valence-corrected chi connectivity index (χ1v) is 10.1. The van der Waals surface area contributed by atoms with Crippen LogP contribution in [0, 0.1) is 0 Å². The molecule has 1 N–H and O–H groups in total. The fourth-order valence-corrected chi connectivity index (χ4v) is 4.33. The van der Waals surface area contributed by atoms with E-state index in [0.717, 1.165) is 65.3 Å². The summed E-state index contributed by atoms with van der Waals surface area (Å²) >= 11 is 1.68. The van der Waals surface area contributed by atoms with Crippen LogP contribution in [0.2, 0.25) is 0 Å². The maximum Gasteiger partial charge on any atom is 0.166 e. The van der Waals surface area contributed by atoms with Crippen molar-refractivity contribution < 1.29 is 19.4 Å². The Bertz CT molecular complexity index is 958. The molecule has 0 aliphatic carbocycles. The van der Waals surface area contributed by atoms with E-state index in [-0.39, 0.29) is 6.10 Å². The topological polar surface area (TPSA) is 60.7 Å². The molecule has 1 aromatic carbocycles. The zero-order valence-corrected chi connectivity index (χ0v) is 17.4. The van der Waals surface area contributed by atoms with Crippen molar-refractivity contribution in [1.82, 2.24) is 4.57 Å². The lowest BCUT2D eigenvalue weighted by Gasteiger charge is -2.24. The number of aliphatic hydroxyl groups excluding tert-OH is 1. The van der Waals surface area contributed by atoms with Crippen molar-refractivity contribution in [3.63, 3.8) is 0 Å². The van der Waals surface area contributed by atoms with Crippen LogP contribution in [0.4, 0.5) is 0 Å². The third-order valence-electron chi connectivity index (χ3n) is 4.65. The van der Waals surface area contributed by atoms with Crippen LogP contribution in [0.5, 0.6) is 11.5 Å². The molecule has 6 heteroatoms. The molecular weight excluding hydrogens is 374 g/mol. The van der Waals surface area contributed by atoms with Gasteiger partial charge in [0.1, 0.15) is 0 Å². The van der Waals surface area contributed by atoms with Crippen LogP contribution < -0.4 is 9.47 Å². The largest absolute Gasteiger partial charge is 0.493 e. The van der Waals surface area contributed by atoms with Crippen LogP contribution in [0.3, 0.4) is 0 Å². The van der Waals surface area contributed by atoms with Crippen molar-refractivity contribution in [1.29, 1.82) is 0 Å². The standard InChI is InChI=1S/C21H21NO3S.CH4O/c1-13(2)25-19-11-16-14(9-18(19)24-3)6-7-22-15(12-23)10-17(21(16)22)20-5-4-8-26-20;1-2/h4-5,8-13H,6-7H2,1-3H3;2H,1H3. The van der Waals surface area contributed by atoms with Crippen molar-refractivity contribution in [2.24, 2.45) is 0 Å². The third kappa shape index (κ3) is 3.57. The molecule has 0 fully saturated rings. The van der Waals surface area contributed by atoms with Gasteiger partial charge in [0.2, 0.25) is 0 Å². The number of aliphatic hydroxyl groups is 1. The quantitative estimate of drug-likeness (QED) is 0.634. The number of thiophene rings is 1. The van der Waals surface area contributed by atoms with E-state index in [2.05, 4.69) is 28.1 Å². The number of aromatic nitrogens is 1. The summed E-state index contributed by atoms with van der Waals surface area (Å²) in [6.45, 7) is 4.79. The molecule has 148 valence electrons. The van der Waals surface area contributed by atoms with Gasteiger partial charge in [-0.15, -0.1) is 11.3 Å². The molecule has 2 aromatic heterocycles. The highest BCUT2D eigenvalue weighted by Gasteiger charge is 2.26. The van der Waals surface area contributed by atoms with Crippen molar-refractivity contribution in [2.45, 2.75) is 32.9 Å². The summed E-state index contributed by atoms with van der Waals surface area (Å²) in [5, 5.41) is 9.06. The second-order valence-corrected chi connectivity index (χ2v) is 7.60. The van der Waals surface area contributed by atoms with E-state index in [1.807, 2.05) is 26.0 Å². The maximum absolute atomic E-state index is 11.6. The van der Waals surface area contributed by atoms with Gasteiger partial charge in [-0.3, -0.25) is 4.79 Å². The van der Waals surface area contributed by atoms with E-state index < -0.39 is 0 Å². The normalized spacial score (nSPS) is 11.9. The lowest BCUT2D eigenvalue weighted by atomic mass is 9.95. The molecule has 1 aliphatic heterocycles. The summed E-state index contributed by atoms with van der Waals surface area (Å²) in [5.74, 6) is 1.49. The van der Waals surface area contributed by atoms with Crippen molar-refractivity contribution in [3.8, 4) is 33.2 Å². The minimum absolute atomic E-state index is 0.0552. The van der Waals surface area contributed by atoms with Gasteiger partial charge in [0, 0.05) is 29.7 Å². The van der Waals surface area contributed by atoms with Crippen LogP contribution in [-0.2, 0) is 13.0 Å². The Labute approximate surface area is 169 Å². The number of nitrogens with zero attached hydrogens (tertiary/aromatic N) is 1. The van der Waals surface area contributed by atoms with E-state index in [9.17, 15) is 4.79 Å². The minimum atomic E-state index is 0.0552. The van der Waals surface area contributed by atoms with Crippen molar-refractivity contribution in [2.75, 3.05) is 14.2 Å². The number of benzene rings is 1. The molecule has 0 saturated carbocycles. The van der Waals surface area contributed by atoms with E-state index in [4.69, 9.17) is 14.6 Å². The number of fused-ring (bicyclic) bond motifs is 3. The number of hydrogen-bond acceptors (Lipinski definition) is 5. The number of ether oxygens (including phenoxy) is 2. The first-order chi connectivity index (χ1) is 13.6. The van der Waals surface area contributed by atoms with Crippen LogP contribution in [0.25, 0.3) is 21.7 Å². The molecule has 0 amide bonds. The van der Waals surface area contributed by atoms with Gasteiger partial charge in [-0.05, 0) is 55.5 Å². The molecule has 0 radical (unpaired) electrons. The zero-order valence-electron chi connectivity index (χ0n) is 16.6. The molecule has 28 heavy (non-hydrogen) atoms. The first kappa shape index (κ1) is 20.2. The molecule has 4 rings (SSSR count). The highest BCUT2D eigenvalue weighted by atomic mass is 32.1. The highest BCUT2D eigenvalue weighted by molar-refractivity contribution is 7.13. The lowest BCUT2D eigenvalue weighted by Crippen LogP contribution is -2.14. The summed E-state index contributed by atoms with van der Waals surface area (Å²) in [6, 6.07) is 10.3. The molecule has 0 saturated heterocycles. The summed E-state index contributed by atoms with van der Waals surface area (Å²) in [7, 11) is 2.67. The SMILES string of the molecule is CO.COc1cc2c(cc1OC(C)C)-c1c(-c3cccs3)cc(C=O)n1CC2. The summed E-state index contributed by atoms with van der Waals surface area (Å²) < 4.78 is 13.6. The predicted molar refractivity (Wildman–Crippen MR) is 113 cm³/mol. The molecular formula is C22H25NO4S. The predicted octanol–water partition coefficient (Wildman–Crippen LogP) is 4.66. The molecule has 0 spiro atoms. The fourth-order valence-electron chi connectivity index (χ4n) is 3.58. The van der Waals surface area contributed by atoms with Gasteiger partial charge in [-0.1, -0.05) is 6.07 Å². The Kier molecular flexibility index (Phi) is 6.21. The number of rotatable bonds is 5. The summed E-state index contributed by atoms with van der Waals surface area (Å²) in [6.07, 6.45) is 1.86. The molecule has 0 unspecified atom stereocenters. The second-order valence-electron chi connectivity index (χ2n) is 6.66. The van der Waals surface area contributed by atoms with Crippen LogP contribution in [-0.4, -0.2) is 36.3 Å². The molecule has 0 bridgehead atoms. The molecule has 0 atom stereocenters. The van der Waals surface area contributed by atoms with Crippen molar-refractivity contribution in [3.05, 3.63) is 47.0 Å². The van der Waals surface area contributed by atoms with Gasteiger partial charge < -0.3 is 19.1 Å². The van der Waals surface area contributed by atoms with Gasteiger partial charge >= 0.3 is 0 Å². The Morgan fingerprint density at radius 1 is 1.18 bits per heavy atom. The second kappa shape index (κ2) is 8.63. The molecule has 5 nitrogen and oxygen atoms in total. The van der Waals surface area contributed by atoms with Crippen LogP contribution >= 0.6 is 11.3 Å². The highest BCUT2D eigenvalue weighted by Crippen LogP contribution is 2.44. The number of carbonyl (C=O) groups excluding carboxylic acids is 1. The average Bonchev–Trinajstić information content (AvgIpc) is 3.36. The van der Waals surface area contributed by atoms with Crippen molar-refractivity contribution >= 4 is 17.6 Å². The van der Waals surface area contributed by atoms with E-state index in [0.29, 0.717) is 0 Å². The Morgan fingerprint density at radius 3 is 2.57 bits per heavy atom. The van der Waals surface area contributed by atoms with E-state index in [1.165, 1.54) is 5.56 Å². The average molecular weight is 400 g/mol. The van der Waals surface area contributed by atoms with Gasteiger partial charge in [0.05, 0.1) is 24.6 Å². The maximum atomic E-state index is 11.6. The van der Waals surface area contributed by atoms with Crippen LogP contribution in [0.15, 0.2) is 35.7 Å². The summed E-state index contributed by atoms with van der Waals surface area (Å²) in [4.78, 5) is 12.8. The Hall–Kier alpha value is -2.57. The number of methoxy groups -OCH3 is 1. The number of aryl methyl sites for hydroxylation is 1. The summed E-state index contributed by atoms with van der Waals surface area (Å²) in [5.41, 5.74) is 5.25. The molecule has 3 heterocycles. The first-order valence-electron chi connectivity index (χ1n) is 9.17. The van der Waals surface area contributed by atoms with Gasteiger partial charge in [0.25, 0.3) is 0 Å². The number of hydrogen-bond donors (Lipinski definition) is 1. The third-order valence-corrected chi connectivity index (χ3v) is 5.55. The monoisotopic (exact) mass is 399 g/mol. The van der Waals surface area contributed by atoms with Gasteiger partial charge in [0.15, 0.2) is 17.8 Å². The van der Waals surface area contributed by atoms with Gasteiger partial charge in [-0.25, -0.2) is 0 Å². The van der Waals surface area contributed by atoms with Crippen LogP contribution in [0.1, 0.15) is 29.9 Å². The number of aldehydes is 1. The number of carbonyl (C=O) groups is 1. The molecule has 3 aromatic rings. The fraction of sp³-hybridized carbons (Fsp3) is 0.318. The van der Waals surface area contributed by atoms with Gasteiger partial charge in [-0.2, -0.15) is 0 Å². The Morgan fingerprint density at radius 2 is 1.96 bits per heavy atom. The smallest absolute Gasteiger partial charge is 0.166 e. The van der Waals surface area contributed by atoms with E-state index >= 15 is 0 Å². The zero-order chi connectivity index (χ0) is 20.3. The Balaban J connectivity index is 0.00000109. The minimum Gasteiger partial charge on any atom is -0.493 e. The lowest BCUT2D eigenvalue weighted by molar-refractivity contribution is 0.111. The molecule has 1 aliphatic rings. The van der Waals surface area contributed by atoms with E-state index in [1.54, 1.807) is 18.4 Å².